The van der Waals surface area contributed by atoms with E-state index in [0.717, 1.165) is 6.07 Å². The molecule has 1 N–H and O–H groups in total. The van der Waals surface area contributed by atoms with Crippen LogP contribution < -0.4 is 5.32 Å². The van der Waals surface area contributed by atoms with Gasteiger partial charge in [-0.1, -0.05) is 23.8 Å². The van der Waals surface area contributed by atoms with Crippen LogP contribution in [0.4, 0.5) is 18.0 Å². The van der Waals surface area contributed by atoms with Gasteiger partial charge in [0.25, 0.3) is 0 Å². The van der Waals surface area contributed by atoms with Crippen LogP contribution in [0.5, 0.6) is 0 Å². The Balaban J connectivity index is 2.65. The van der Waals surface area contributed by atoms with Crippen LogP contribution in [0.2, 0.25) is 5.15 Å². The number of halogens is 4. The molecule has 0 radical (unpaired) electrons. The van der Waals surface area contributed by atoms with Crippen molar-refractivity contribution in [3.63, 3.8) is 0 Å². The van der Waals surface area contributed by atoms with Crippen LogP contribution in [0.25, 0.3) is 6.08 Å². The van der Waals surface area contributed by atoms with Crippen molar-refractivity contribution in [3.05, 3.63) is 34.6 Å². The number of amides is 1. The molecular formula is C14H16ClF3N2O2. The van der Waals surface area contributed by atoms with Crippen molar-refractivity contribution in [1.29, 1.82) is 0 Å². The molecule has 0 bridgehead atoms. The molecule has 0 saturated heterocycles. The molecule has 0 aliphatic heterocycles. The highest BCUT2D eigenvalue weighted by atomic mass is 35.5. The minimum atomic E-state index is -4.49. The number of pyridine rings is 1. The van der Waals surface area contributed by atoms with Crippen molar-refractivity contribution in [2.24, 2.45) is 0 Å². The first kappa shape index (κ1) is 18.3. The predicted octanol–water partition coefficient (Wildman–Crippen LogP) is 4.29. The zero-order valence-electron chi connectivity index (χ0n) is 12.3. The van der Waals surface area contributed by atoms with E-state index in [-0.39, 0.29) is 17.3 Å². The Labute approximate surface area is 131 Å². The fourth-order valence-electron chi connectivity index (χ4n) is 1.38. The molecule has 0 fully saturated rings. The molecule has 122 valence electrons. The van der Waals surface area contributed by atoms with E-state index in [0.29, 0.717) is 6.20 Å². The summed E-state index contributed by atoms with van der Waals surface area (Å²) in [6, 6.07) is 0.888. The van der Waals surface area contributed by atoms with Crippen LogP contribution >= 0.6 is 11.6 Å². The zero-order chi connectivity index (χ0) is 17.0. The van der Waals surface area contributed by atoms with Gasteiger partial charge in [-0.25, -0.2) is 9.78 Å². The summed E-state index contributed by atoms with van der Waals surface area (Å²) >= 11 is 5.73. The number of nitrogens with zero attached hydrogens (tertiary/aromatic N) is 1. The quantitative estimate of drug-likeness (QED) is 0.838. The molecule has 1 aromatic rings. The standard InChI is InChI=1S/C14H16ClF3N2O2/c1-13(2,3)22-12(21)19-6-4-5-9-7-10(14(16,17)18)8-20-11(9)15/h4-5,7-8H,6H2,1-3H3,(H,19,21). The van der Waals surface area contributed by atoms with Crippen LogP contribution in [-0.4, -0.2) is 23.2 Å². The number of hydrogen-bond acceptors (Lipinski definition) is 3. The summed E-state index contributed by atoms with van der Waals surface area (Å²) in [4.78, 5) is 14.9. The Hall–Kier alpha value is -1.76. The Morgan fingerprint density at radius 2 is 2.05 bits per heavy atom. The third-order valence-corrected chi connectivity index (χ3v) is 2.57. The number of aromatic nitrogens is 1. The normalized spacial score (nSPS) is 12.5. The van der Waals surface area contributed by atoms with Gasteiger partial charge in [0, 0.05) is 18.3 Å². The Bertz CT molecular complexity index is 566. The minimum absolute atomic E-state index is 0.0541. The molecule has 0 aromatic carbocycles. The summed E-state index contributed by atoms with van der Waals surface area (Å²) in [5.41, 5.74) is -1.40. The smallest absolute Gasteiger partial charge is 0.417 e. The van der Waals surface area contributed by atoms with Gasteiger partial charge < -0.3 is 10.1 Å². The maximum absolute atomic E-state index is 12.6. The molecule has 0 unspecified atom stereocenters. The second-order valence-electron chi connectivity index (χ2n) is 5.39. The molecule has 1 heterocycles. The molecule has 0 saturated carbocycles. The highest BCUT2D eigenvalue weighted by Crippen LogP contribution is 2.30. The van der Waals surface area contributed by atoms with Crippen molar-refractivity contribution in [2.45, 2.75) is 32.5 Å². The fourth-order valence-corrected chi connectivity index (χ4v) is 1.55. The number of alkyl carbamates (subject to hydrolysis) is 1. The van der Waals surface area contributed by atoms with E-state index < -0.39 is 23.4 Å². The van der Waals surface area contributed by atoms with Crippen LogP contribution in [-0.2, 0) is 10.9 Å². The van der Waals surface area contributed by atoms with E-state index in [1.807, 2.05) is 0 Å². The lowest BCUT2D eigenvalue weighted by molar-refractivity contribution is -0.137. The Morgan fingerprint density at radius 1 is 1.41 bits per heavy atom. The number of hydrogen-bond donors (Lipinski definition) is 1. The number of carbonyl (C=O) groups excluding carboxylic acids is 1. The topological polar surface area (TPSA) is 51.2 Å². The van der Waals surface area contributed by atoms with Crippen LogP contribution in [0.3, 0.4) is 0 Å². The summed E-state index contributed by atoms with van der Waals surface area (Å²) in [6.45, 7) is 5.24. The van der Waals surface area contributed by atoms with Crippen molar-refractivity contribution >= 4 is 23.8 Å². The molecular weight excluding hydrogens is 321 g/mol. The largest absolute Gasteiger partial charge is 0.444 e. The summed E-state index contributed by atoms with van der Waals surface area (Å²) in [7, 11) is 0. The molecule has 1 rings (SSSR count). The van der Waals surface area contributed by atoms with E-state index in [2.05, 4.69) is 10.3 Å². The Morgan fingerprint density at radius 3 is 2.59 bits per heavy atom. The number of carbonyl (C=O) groups is 1. The van der Waals surface area contributed by atoms with Gasteiger partial charge in [-0.05, 0) is 26.8 Å². The summed E-state index contributed by atoms with van der Waals surface area (Å²) < 4.78 is 42.7. The van der Waals surface area contributed by atoms with Crippen molar-refractivity contribution < 1.29 is 22.7 Å². The average molecular weight is 337 g/mol. The van der Waals surface area contributed by atoms with Gasteiger partial charge in [0.1, 0.15) is 10.8 Å². The number of ether oxygens (including phenoxy) is 1. The van der Waals surface area contributed by atoms with Crippen molar-refractivity contribution in [2.75, 3.05) is 6.54 Å². The van der Waals surface area contributed by atoms with E-state index in [1.165, 1.54) is 12.2 Å². The second-order valence-corrected chi connectivity index (χ2v) is 5.74. The molecule has 22 heavy (non-hydrogen) atoms. The molecule has 0 aliphatic carbocycles. The maximum atomic E-state index is 12.6. The molecule has 0 atom stereocenters. The molecule has 0 spiro atoms. The maximum Gasteiger partial charge on any atom is 0.417 e. The second kappa shape index (κ2) is 7.00. The average Bonchev–Trinajstić information content (AvgIpc) is 2.33. The van der Waals surface area contributed by atoms with Gasteiger partial charge in [-0.2, -0.15) is 13.2 Å². The van der Waals surface area contributed by atoms with Crippen molar-refractivity contribution in [3.8, 4) is 0 Å². The van der Waals surface area contributed by atoms with Crippen molar-refractivity contribution in [1.82, 2.24) is 10.3 Å². The van der Waals surface area contributed by atoms with Crippen LogP contribution in [0.1, 0.15) is 31.9 Å². The van der Waals surface area contributed by atoms with Gasteiger partial charge in [0.15, 0.2) is 0 Å². The first-order valence-corrected chi connectivity index (χ1v) is 6.73. The third kappa shape index (κ3) is 6.34. The molecule has 0 aliphatic rings. The lowest BCUT2D eigenvalue weighted by atomic mass is 10.2. The number of rotatable bonds is 3. The molecule has 4 nitrogen and oxygen atoms in total. The molecule has 8 heteroatoms. The molecule has 1 aromatic heterocycles. The van der Waals surface area contributed by atoms with E-state index in [4.69, 9.17) is 16.3 Å². The van der Waals surface area contributed by atoms with E-state index in [9.17, 15) is 18.0 Å². The van der Waals surface area contributed by atoms with E-state index in [1.54, 1.807) is 20.8 Å². The molecule has 1 amide bonds. The van der Waals surface area contributed by atoms with Gasteiger partial charge in [-0.3, -0.25) is 0 Å². The van der Waals surface area contributed by atoms with Crippen LogP contribution in [0.15, 0.2) is 18.3 Å². The summed E-state index contributed by atoms with van der Waals surface area (Å²) in [6.07, 6.45) is -1.65. The summed E-state index contributed by atoms with van der Waals surface area (Å²) in [5.74, 6) is 0. The number of alkyl halides is 3. The lowest BCUT2D eigenvalue weighted by Crippen LogP contribution is -2.32. The highest BCUT2D eigenvalue weighted by Gasteiger charge is 2.31. The van der Waals surface area contributed by atoms with E-state index >= 15 is 0 Å². The van der Waals surface area contributed by atoms with Gasteiger partial charge in [0.05, 0.1) is 5.56 Å². The lowest BCUT2D eigenvalue weighted by Gasteiger charge is -2.19. The van der Waals surface area contributed by atoms with Gasteiger partial charge >= 0.3 is 12.3 Å². The van der Waals surface area contributed by atoms with Crippen LogP contribution in [0, 0.1) is 0 Å². The minimum Gasteiger partial charge on any atom is -0.444 e. The van der Waals surface area contributed by atoms with Gasteiger partial charge in [0.2, 0.25) is 0 Å². The monoisotopic (exact) mass is 336 g/mol. The highest BCUT2D eigenvalue weighted by molar-refractivity contribution is 6.30. The SMILES string of the molecule is CC(C)(C)OC(=O)NCC=Cc1cc(C(F)(F)F)cnc1Cl. The number of nitrogens with one attached hydrogen (secondary N) is 1. The zero-order valence-corrected chi connectivity index (χ0v) is 13.0. The third-order valence-electron chi connectivity index (χ3n) is 2.25. The Kier molecular flexibility index (Phi) is 5.82. The fraction of sp³-hybridized carbons (Fsp3) is 0.429. The predicted molar refractivity (Wildman–Crippen MR) is 77.5 cm³/mol. The first-order valence-electron chi connectivity index (χ1n) is 6.35. The first-order chi connectivity index (χ1) is 9.99. The summed E-state index contributed by atoms with van der Waals surface area (Å²) in [5, 5.41) is 2.39. The van der Waals surface area contributed by atoms with Gasteiger partial charge in [-0.15, -0.1) is 0 Å².